The van der Waals surface area contributed by atoms with E-state index in [4.69, 9.17) is 17.0 Å². The molecule has 0 aromatic rings. The Bertz CT molecular complexity index is 217. The molecule has 16 heavy (non-hydrogen) atoms. The van der Waals surface area contributed by atoms with Gasteiger partial charge in [-0.05, 0) is 37.4 Å². The molecule has 0 aromatic carbocycles. The first-order valence-electron chi connectivity index (χ1n) is 6.18. The van der Waals surface area contributed by atoms with E-state index < -0.39 is 0 Å². The minimum atomic E-state index is 0.696. The summed E-state index contributed by atoms with van der Waals surface area (Å²) in [5.74, 6) is 0.739. The Kier molecular flexibility index (Phi) is 6.06. The molecule has 3 nitrogen and oxygen atoms in total. The molecular formula is C12H24N2OS. The van der Waals surface area contributed by atoms with Gasteiger partial charge in [0, 0.05) is 26.2 Å². The lowest BCUT2D eigenvalue weighted by Gasteiger charge is -2.26. The van der Waals surface area contributed by atoms with Gasteiger partial charge in [0.05, 0.1) is 6.61 Å². The van der Waals surface area contributed by atoms with Crippen molar-refractivity contribution in [2.24, 2.45) is 5.92 Å². The summed E-state index contributed by atoms with van der Waals surface area (Å²) in [6, 6.07) is 0.696. The predicted octanol–water partition coefficient (Wildman–Crippen LogP) is 2.02. The SMILES string of the molecule is COCCNC(=S)N(CCC(C)C)C1CC1. The Balaban J connectivity index is 2.28. The highest BCUT2D eigenvalue weighted by molar-refractivity contribution is 7.80. The minimum Gasteiger partial charge on any atom is -0.383 e. The lowest BCUT2D eigenvalue weighted by atomic mass is 10.1. The zero-order valence-electron chi connectivity index (χ0n) is 10.7. The highest BCUT2D eigenvalue weighted by Crippen LogP contribution is 2.27. The third-order valence-corrected chi connectivity index (χ3v) is 3.16. The maximum absolute atomic E-state index is 5.42. The van der Waals surface area contributed by atoms with Crippen LogP contribution in [0.4, 0.5) is 0 Å². The highest BCUT2D eigenvalue weighted by atomic mass is 32.1. The van der Waals surface area contributed by atoms with Crippen LogP contribution in [0.1, 0.15) is 33.1 Å². The van der Waals surface area contributed by atoms with Crippen molar-refractivity contribution < 1.29 is 4.74 Å². The van der Waals surface area contributed by atoms with Crippen molar-refractivity contribution in [2.45, 2.75) is 39.2 Å². The molecule has 0 radical (unpaired) electrons. The van der Waals surface area contributed by atoms with Crippen molar-refractivity contribution in [3.8, 4) is 0 Å². The second-order valence-corrected chi connectivity index (χ2v) is 5.22. The number of rotatable bonds is 7. The molecule has 0 amide bonds. The van der Waals surface area contributed by atoms with Crippen molar-refractivity contribution in [1.82, 2.24) is 10.2 Å². The molecule has 4 heteroatoms. The largest absolute Gasteiger partial charge is 0.383 e. The van der Waals surface area contributed by atoms with Crippen LogP contribution in [0.15, 0.2) is 0 Å². The predicted molar refractivity (Wildman–Crippen MR) is 71.7 cm³/mol. The van der Waals surface area contributed by atoms with E-state index in [0.717, 1.165) is 24.1 Å². The van der Waals surface area contributed by atoms with Crippen LogP contribution in [-0.2, 0) is 4.74 Å². The summed E-state index contributed by atoms with van der Waals surface area (Å²) in [4.78, 5) is 2.35. The number of thiocarbonyl (C=S) groups is 1. The lowest BCUT2D eigenvalue weighted by molar-refractivity contribution is 0.202. The molecule has 0 atom stereocenters. The van der Waals surface area contributed by atoms with E-state index in [9.17, 15) is 0 Å². The average Bonchev–Trinajstić information content (AvgIpc) is 3.02. The molecule has 0 unspecified atom stereocenters. The first-order chi connectivity index (χ1) is 7.65. The number of nitrogens with one attached hydrogen (secondary N) is 1. The van der Waals surface area contributed by atoms with Crippen molar-refractivity contribution in [3.63, 3.8) is 0 Å². The van der Waals surface area contributed by atoms with Crippen LogP contribution in [0.5, 0.6) is 0 Å². The van der Waals surface area contributed by atoms with Gasteiger partial charge in [0.15, 0.2) is 5.11 Å². The molecule has 0 aliphatic heterocycles. The molecular weight excluding hydrogens is 220 g/mol. The van der Waals surface area contributed by atoms with Crippen molar-refractivity contribution in [3.05, 3.63) is 0 Å². The summed E-state index contributed by atoms with van der Waals surface area (Å²) in [6.07, 6.45) is 3.80. The minimum absolute atomic E-state index is 0.696. The van der Waals surface area contributed by atoms with Gasteiger partial charge >= 0.3 is 0 Å². The topological polar surface area (TPSA) is 24.5 Å². The lowest BCUT2D eigenvalue weighted by Crippen LogP contribution is -2.43. The smallest absolute Gasteiger partial charge is 0.169 e. The summed E-state index contributed by atoms with van der Waals surface area (Å²) in [5.41, 5.74) is 0. The zero-order chi connectivity index (χ0) is 12.0. The normalized spacial score (nSPS) is 15.2. The van der Waals surface area contributed by atoms with E-state index in [1.165, 1.54) is 19.3 Å². The van der Waals surface area contributed by atoms with Gasteiger partial charge in [0.1, 0.15) is 0 Å². The summed E-state index contributed by atoms with van der Waals surface area (Å²) >= 11 is 5.42. The van der Waals surface area contributed by atoms with Gasteiger partial charge in [-0.15, -0.1) is 0 Å². The van der Waals surface area contributed by atoms with Gasteiger partial charge in [-0.2, -0.15) is 0 Å². The monoisotopic (exact) mass is 244 g/mol. The fourth-order valence-electron chi connectivity index (χ4n) is 1.60. The van der Waals surface area contributed by atoms with Crippen LogP contribution >= 0.6 is 12.2 Å². The van der Waals surface area contributed by atoms with Crippen molar-refractivity contribution in [2.75, 3.05) is 26.8 Å². The van der Waals surface area contributed by atoms with Gasteiger partial charge in [-0.1, -0.05) is 13.8 Å². The molecule has 1 fully saturated rings. The summed E-state index contributed by atoms with van der Waals surface area (Å²) in [5, 5.41) is 4.16. The van der Waals surface area contributed by atoms with Crippen molar-refractivity contribution >= 4 is 17.3 Å². The highest BCUT2D eigenvalue weighted by Gasteiger charge is 2.30. The molecule has 0 spiro atoms. The second-order valence-electron chi connectivity index (χ2n) is 4.83. The molecule has 1 rings (SSSR count). The van der Waals surface area contributed by atoms with Gasteiger partial charge in [0.25, 0.3) is 0 Å². The number of ether oxygens (including phenoxy) is 1. The quantitative estimate of drug-likeness (QED) is 0.547. The molecule has 1 N–H and O–H groups in total. The molecule has 1 aliphatic carbocycles. The summed E-state index contributed by atoms with van der Waals surface area (Å²) in [6.45, 7) is 7.11. The van der Waals surface area contributed by atoms with Crippen LogP contribution < -0.4 is 5.32 Å². The zero-order valence-corrected chi connectivity index (χ0v) is 11.5. The average molecular weight is 244 g/mol. The summed E-state index contributed by atoms with van der Waals surface area (Å²) in [7, 11) is 1.71. The van der Waals surface area contributed by atoms with E-state index in [2.05, 4.69) is 24.1 Å². The molecule has 1 aliphatic rings. The van der Waals surface area contributed by atoms with Gasteiger partial charge in [-0.3, -0.25) is 0 Å². The third kappa shape index (κ3) is 5.12. The maximum Gasteiger partial charge on any atom is 0.169 e. The second kappa shape index (κ2) is 7.07. The molecule has 1 saturated carbocycles. The van der Waals surface area contributed by atoms with E-state index >= 15 is 0 Å². The molecule has 0 aromatic heterocycles. The first-order valence-corrected chi connectivity index (χ1v) is 6.59. The Morgan fingerprint density at radius 1 is 1.50 bits per heavy atom. The van der Waals surface area contributed by atoms with E-state index in [-0.39, 0.29) is 0 Å². The molecule has 94 valence electrons. The van der Waals surface area contributed by atoms with Crippen LogP contribution in [0.3, 0.4) is 0 Å². The standard InChI is InChI=1S/C12H24N2OS/c1-10(2)6-8-14(11-4-5-11)12(16)13-7-9-15-3/h10-11H,4-9H2,1-3H3,(H,13,16). The van der Waals surface area contributed by atoms with Gasteiger partial charge in [-0.25, -0.2) is 0 Å². The number of methoxy groups -OCH3 is 1. The Labute approximate surface area is 105 Å². The van der Waals surface area contributed by atoms with Crippen LogP contribution in [0, 0.1) is 5.92 Å². The van der Waals surface area contributed by atoms with Crippen LogP contribution in [0.2, 0.25) is 0 Å². The molecule has 0 heterocycles. The number of hydrogen-bond acceptors (Lipinski definition) is 2. The van der Waals surface area contributed by atoms with Crippen LogP contribution in [-0.4, -0.2) is 42.9 Å². The number of nitrogens with zero attached hydrogens (tertiary/aromatic N) is 1. The van der Waals surface area contributed by atoms with Gasteiger partial charge in [0.2, 0.25) is 0 Å². The fraction of sp³-hybridized carbons (Fsp3) is 0.917. The summed E-state index contributed by atoms with van der Waals surface area (Å²) < 4.78 is 5.01. The van der Waals surface area contributed by atoms with Gasteiger partial charge < -0.3 is 15.0 Å². The Morgan fingerprint density at radius 3 is 2.69 bits per heavy atom. The Morgan fingerprint density at radius 2 is 2.19 bits per heavy atom. The Hall–Kier alpha value is -0.350. The fourth-order valence-corrected chi connectivity index (χ4v) is 1.94. The van der Waals surface area contributed by atoms with E-state index in [1.54, 1.807) is 7.11 Å². The third-order valence-electron chi connectivity index (χ3n) is 2.78. The number of hydrogen-bond donors (Lipinski definition) is 1. The maximum atomic E-state index is 5.42. The van der Waals surface area contributed by atoms with Crippen LogP contribution in [0.25, 0.3) is 0 Å². The molecule has 0 saturated heterocycles. The molecule has 0 bridgehead atoms. The van der Waals surface area contributed by atoms with Crippen molar-refractivity contribution in [1.29, 1.82) is 0 Å². The van der Waals surface area contributed by atoms with E-state index in [1.807, 2.05) is 0 Å². The van der Waals surface area contributed by atoms with E-state index in [0.29, 0.717) is 12.6 Å². The first kappa shape index (κ1) is 13.7.